The van der Waals surface area contributed by atoms with Crippen LogP contribution < -0.4 is 21.7 Å². The number of nitrogens with one attached hydrogen (secondary N) is 4. The zero-order valence-electron chi connectivity index (χ0n) is 12.5. The van der Waals surface area contributed by atoms with Gasteiger partial charge in [0.1, 0.15) is 0 Å². The summed E-state index contributed by atoms with van der Waals surface area (Å²) in [5.74, 6) is 0.0959. The number of rotatable bonds is 10. The highest BCUT2D eigenvalue weighted by Crippen LogP contribution is 2.05. The van der Waals surface area contributed by atoms with Gasteiger partial charge in [-0.2, -0.15) is 0 Å². The van der Waals surface area contributed by atoms with Gasteiger partial charge < -0.3 is 21.7 Å². The van der Waals surface area contributed by atoms with E-state index in [1.165, 1.54) is 0 Å². The molecule has 115 valence electrons. The quantitative estimate of drug-likeness (QED) is 0.210. The Labute approximate surface area is 120 Å². The van der Waals surface area contributed by atoms with Crippen molar-refractivity contribution >= 4 is 18.2 Å². The zero-order valence-corrected chi connectivity index (χ0v) is 12.5. The molecule has 0 fully saturated rings. The number of likely N-dealkylation sites (N-methyl/N-ethyl adjacent to an activating group) is 1. The SMILES string of the molecule is CNC(CC(C)C)C(=O)NC([C]=O)CCCNC(=N)N. The minimum atomic E-state index is -0.626. The summed E-state index contributed by atoms with van der Waals surface area (Å²) >= 11 is 0. The van der Waals surface area contributed by atoms with Crippen LogP contribution in [-0.4, -0.2) is 43.8 Å². The second-order valence-electron chi connectivity index (χ2n) is 5.13. The van der Waals surface area contributed by atoms with Gasteiger partial charge >= 0.3 is 0 Å². The number of nitrogens with two attached hydrogens (primary N) is 1. The third-order valence-electron chi connectivity index (χ3n) is 2.82. The van der Waals surface area contributed by atoms with E-state index in [2.05, 4.69) is 16.0 Å². The number of hydrogen-bond donors (Lipinski definition) is 5. The van der Waals surface area contributed by atoms with Gasteiger partial charge in [0.2, 0.25) is 12.2 Å². The molecule has 7 nitrogen and oxygen atoms in total. The lowest BCUT2D eigenvalue weighted by atomic mass is 10.0. The summed E-state index contributed by atoms with van der Waals surface area (Å²) in [6, 6.07) is -0.930. The minimum absolute atomic E-state index is 0.104. The number of carbonyl (C=O) groups excluding carboxylic acids is 2. The lowest BCUT2D eigenvalue weighted by Gasteiger charge is -2.20. The molecule has 0 aliphatic heterocycles. The molecule has 0 rings (SSSR count). The second kappa shape index (κ2) is 10.2. The molecule has 0 aliphatic rings. The van der Waals surface area contributed by atoms with Gasteiger partial charge in [-0.25, -0.2) is 0 Å². The van der Waals surface area contributed by atoms with Crippen LogP contribution in [0.25, 0.3) is 0 Å². The topological polar surface area (TPSA) is 120 Å². The molecule has 2 atom stereocenters. The molecule has 0 saturated carbocycles. The maximum absolute atomic E-state index is 12.0. The van der Waals surface area contributed by atoms with Crippen molar-refractivity contribution in [2.24, 2.45) is 11.7 Å². The molecule has 0 saturated heterocycles. The fourth-order valence-electron chi connectivity index (χ4n) is 1.79. The number of hydrogen-bond acceptors (Lipinski definition) is 4. The van der Waals surface area contributed by atoms with Gasteiger partial charge in [-0.1, -0.05) is 13.8 Å². The highest BCUT2D eigenvalue weighted by atomic mass is 16.2. The van der Waals surface area contributed by atoms with Gasteiger partial charge in [0.15, 0.2) is 5.96 Å². The van der Waals surface area contributed by atoms with Crippen molar-refractivity contribution < 1.29 is 9.59 Å². The Bertz CT molecular complexity index is 320. The van der Waals surface area contributed by atoms with Crippen LogP contribution in [0.4, 0.5) is 0 Å². The summed E-state index contributed by atoms with van der Waals surface area (Å²) in [6.07, 6.45) is 3.62. The van der Waals surface area contributed by atoms with E-state index in [-0.39, 0.29) is 17.9 Å². The number of amides is 1. The summed E-state index contributed by atoms with van der Waals surface area (Å²) in [4.78, 5) is 22.9. The van der Waals surface area contributed by atoms with Crippen molar-refractivity contribution in [3.8, 4) is 0 Å². The van der Waals surface area contributed by atoms with Crippen LogP contribution in [0.5, 0.6) is 0 Å². The maximum Gasteiger partial charge on any atom is 0.237 e. The van der Waals surface area contributed by atoms with Crippen LogP contribution in [0, 0.1) is 11.3 Å². The summed E-state index contributed by atoms with van der Waals surface area (Å²) in [5.41, 5.74) is 5.14. The second-order valence-corrected chi connectivity index (χ2v) is 5.13. The highest BCUT2D eigenvalue weighted by Gasteiger charge is 2.20. The molecule has 7 heteroatoms. The van der Waals surface area contributed by atoms with Crippen LogP contribution >= 0.6 is 0 Å². The molecule has 6 N–H and O–H groups in total. The molecular weight excluding hydrogens is 258 g/mol. The Morgan fingerprint density at radius 3 is 2.50 bits per heavy atom. The molecule has 0 spiro atoms. The Morgan fingerprint density at radius 1 is 1.40 bits per heavy atom. The average molecular weight is 284 g/mol. The van der Waals surface area contributed by atoms with E-state index in [9.17, 15) is 9.59 Å². The van der Waals surface area contributed by atoms with Gasteiger partial charge in [-0.05, 0) is 32.2 Å². The van der Waals surface area contributed by atoms with Crippen molar-refractivity contribution in [2.75, 3.05) is 13.6 Å². The summed E-state index contributed by atoms with van der Waals surface area (Å²) in [6.45, 7) is 4.56. The lowest BCUT2D eigenvalue weighted by Crippen LogP contribution is -2.48. The summed E-state index contributed by atoms with van der Waals surface area (Å²) in [7, 11) is 1.73. The van der Waals surface area contributed by atoms with Gasteiger partial charge in [0.05, 0.1) is 12.1 Å². The minimum Gasteiger partial charge on any atom is -0.370 e. The maximum atomic E-state index is 12.0. The molecule has 0 aromatic carbocycles. The number of guanidine groups is 1. The molecule has 1 amide bonds. The monoisotopic (exact) mass is 284 g/mol. The first-order valence-electron chi connectivity index (χ1n) is 6.83. The Balaban J connectivity index is 4.16. The van der Waals surface area contributed by atoms with Crippen LogP contribution in [0.1, 0.15) is 33.1 Å². The molecule has 1 radical (unpaired) electrons. The lowest BCUT2D eigenvalue weighted by molar-refractivity contribution is -0.123. The van der Waals surface area contributed by atoms with E-state index < -0.39 is 6.04 Å². The van der Waals surface area contributed by atoms with E-state index in [0.29, 0.717) is 31.7 Å². The van der Waals surface area contributed by atoms with Crippen molar-refractivity contribution in [3.05, 3.63) is 0 Å². The fourth-order valence-corrected chi connectivity index (χ4v) is 1.79. The molecule has 0 aromatic heterocycles. The van der Waals surface area contributed by atoms with Crippen LogP contribution in [0.2, 0.25) is 0 Å². The van der Waals surface area contributed by atoms with Gasteiger partial charge in [0.25, 0.3) is 0 Å². The predicted octanol–water partition coefficient (Wildman–Crippen LogP) is -0.522. The zero-order chi connectivity index (χ0) is 15.5. The fraction of sp³-hybridized carbons (Fsp3) is 0.769. The largest absolute Gasteiger partial charge is 0.370 e. The van der Waals surface area contributed by atoms with E-state index in [4.69, 9.17) is 11.1 Å². The van der Waals surface area contributed by atoms with E-state index in [0.717, 1.165) is 0 Å². The Kier molecular flexibility index (Phi) is 9.36. The smallest absolute Gasteiger partial charge is 0.237 e. The third-order valence-corrected chi connectivity index (χ3v) is 2.82. The van der Waals surface area contributed by atoms with Gasteiger partial charge in [-0.15, -0.1) is 0 Å². The van der Waals surface area contributed by atoms with Crippen LogP contribution in [-0.2, 0) is 9.59 Å². The van der Waals surface area contributed by atoms with E-state index >= 15 is 0 Å². The third kappa shape index (κ3) is 8.47. The first-order chi connectivity index (χ1) is 9.40. The standard InChI is InChI=1S/C13H26N5O2/c1-9(2)7-11(16-3)12(20)18-10(8-19)5-4-6-17-13(14)15/h9-11,16H,4-7H2,1-3H3,(H,18,20)(H4,14,15,17). The Hall–Kier alpha value is -1.63. The molecule has 0 bridgehead atoms. The van der Waals surface area contributed by atoms with Gasteiger partial charge in [-0.3, -0.25) is 15.0 Å². The van der Waals surface area contributed by atoms with Crippen molar-refractivity contribution in [1.29, 1.82) is 5.41 Å². The molecule has 20 heavy (non-hydrogen) atoms. The van der Waals surface area contributed by atoms with Crippen molar-refractivity contribution in [1.82, 2.24) is 16.0 Å². The first kappa shape index (κ1) is 18.4. The van der Waals surface area contributed by atoms with Crippen LogP contribution in [0.3, 0.4) is 0 Å². The Morgan fingerprint density at radius 2 is 2.05 bits per heavy atom. The van der Waals surface area contributed by atoms with Crippen molar-refractivity contribution in [3.63, 3.8) is 0 Å². The molecule has 0 heterocycles. The highest BCUT2D eigenvalue weighted by molar-refractivity contribution is 5.84. The van der Waals surface area contributed by atoms with E-state index in [1.54, 1.807) is 7.05 Å². The summed E-state index contributed by atoms with van der Waals surface area (Å²) < 4.78 is 0. The van der Waals surface area contributed by atoms with E-state index in [1.807, 2.05) is 20.1 Å². The average Bonchev–Trinajstić information content (AvgIpc) is 2.38. The van der Waals surface area contributed by atoms with Crippen molar-refractivity contribution in [2.45, 2.75) is 45.2 Å². The number of carbonyl (C=O) groups is 1. The molecular formula is C13H26N5O2. The predicted molar refractivity (Wildman–Crippen MR) is 79.1 cm³/mol. The first-order valence-corrected chi connectivity index (χ1v) is 6.83. The van der Waals surface area contributed by atoms with Crippen LogP contribution in [0.15, 0.2) is 0 Å². The molecule has 2 unspecified atom stereocenters. The summed E-state index contributed by atoms with van der Waals surface area (Å²) in [5, 5.41) is 15.3. The normalized spacial score (nSPS) is 13.6. The van der Waals surface area contributed by atoms with Gasteiger partial charge in [0, 0.05) is 6.54 Å². The molecule has 0 aliphatic carbocycles. The molecule has 0 aromatic rings.